The molecule has 0 amide bonds. The maximum atomic E-state index is 12.8. The quantitative estimate of drug-likeness (QED) is 0.606. The maximum Gasteiger partial charge on any atom is 0.344 e. The highest BCUT2D eigenvalue weighted by atomic mass is 19.1. The third-order valence-electron chi connectivity index (χ3n) is 3.22. The number of aryl methyl sites for hydroxylation is 2. The Morgan fingerprint density at radius 2 is 1.70 bits per heavy atom. The Morgan fingerprint density at radius 3 is 2.39 bits per heavy atom. The first-order chi connectivity index (χ1) is 11.0. The maximum absolute atomic E-state index is 12.8. The Labute approximate surface area is 133 Å². The molecule has 0 aliphatic rings. The smallest absolute Gasteiger partial charge is 0.344 e. The second-order valence-corrected chi connectivity index (χ2v) is 5.15. The molecule has 120 valence electrons. The molecule has 2 rings (SSSR count). The zero-order valence-electron chi connectivity index (χ0n) is 13.0. The zero-order valence-corrected chi connectivity index (χ0v) is 13.0. The second-order valence-electron chi connectivity index (χ2n) is 5.15. The van der Waals surface area contributed by atoms with Gasteiger partial charge in [-0.1, -0.05) is 12.1 Å². The van der Waals surface area contributed by atoms with Crippen molar-refractivity contribution < 1.29 is 23.5 Å². The van der Waals surface area contributed by atoms with Crippen LogP contribution in [-0.2, 0) is 9.53 Å². The van der Waals surface area contributed by atoms with Crippen LogP contribution in [0.1, 0.15) is 21.5 Å². The highest BCUT2D eigenvalue weighted by molar-refractivity contribution is 5.97. The van der Waals surface area contributed by atoms with Crippen LogP contribution in [0, 0.1) is 19.7 Å². The summed E-state index contributed by atoms with van der Waals surface area (Å²) in [5.41, 5.74) is 2.21. The Balaban J connectivity index is 1.82. The largest absolute Gasteiger partial charge is 0.482 e. The molecule has 0 saturated carbocycles. The van der Waals surface area contributed by atoms with Gasteiger partial charge >= 0.3 is 5.97 Å². The van der Waals surface area contributed by atoms with Crippen molar-refractivity contribution in [2.45, 2.75) is 13.8 Å². The molecule has 0 heterocycles. The van der Waals surface area contributed by atoms with Gasteiger partial charge in [-0.05, 0) is 55.3 Å². The van der Waals surface area contributed by atoms with Crippen LogP contribution in [0.2, 0.25) is 0 Å². The van der Waals surface area contributed by atoms with Gasteiger partial charge in [-0.3, -0.25) is 4.79 Å². The molecule has 0 fully saturated rings. The fourth-order valence-electron chi connectivity index (χ4n) is 1.91. The number of carbonyl (C=O) groups excluding carboxylic acids is 2. The molecule has 0 spiro atoms. The lowest BCUT2D eigenvalue weighted by Gasteiger charge is -2.09. The summed E-state index contributed by atoms with van der Waals surface area (Å²) >= 11 is 0. The normalized spacial score (nSPS) is 10.2. The summed E-state index contributed by atoms with van der Waals surface area (Å²) in [4.78, 5) is 23.4. The lowest BCUT2D eigenvalue weighted by Crippen LogP contribution is -2.19. The average molecular weight is 316 g/mol. The number of esters is 1. The van der Waals surface area contributed by atoms with Crippen molar-refractivity contribution in [2.75, 3.05) is 13.2 Å². The van der Waals surface area contributed by atoms with Crippen molar-refractivity contribution in [2.24, 2.45) is 0 Å². The van der Waals surface area contributed by atoms with Crippen LogP contribution in [0.5, 0.6) is 5.75 Å². The second kappa shape index (κ2) is 7.54. The van der Waals surface area contributed by atoms with Gasteiger partial charge in [0.2, 0.25) is 0 Å². The molecule has 0 bridgehead atoms. The number of benzene rings is 2. The van der Waals surface area contributed by atoms with Gasteiger partial charge in [0.05, 0.1) is 0 Å². The van der Waals surface area contributed by atoms with Crippen molar-refractivity contribution >= 4 is 11.8 Å². The van der Waals surface area contributed by atoms with Crippen LogP contribution in [0.15, 0.2) is 42.5 Å². The van der Waals surface area contributed by atoms with Crippen LogP contribution in [0.4, 0.5) is 4.39 Å². The van der Waals surface area contributed by atoms with E-state index in [4.69, 9.17) is 9.47 Å². The monoisotopic (exact) mass is 316 g/mol. The minimum Gasteiger partial charge on any atom is -0.482 e. The number of carbonyl (C=O) groups is 2. The fraction of sp³-hybridized carbons (Fsp3) is 0.222. The summed E-state index contributed by atoms with van der Waals surface area (Å²) in [5, 5.41) is 0. The molecule has 4 nitrogen and oxygen atoms in total. The molecule has 23 heavy (non-hydrogen) atoms. The third-order valence-corrected chi connectivity index (χ3v) is 3.22. The lowest BCUT2D eigenvalue weighted by molar-refractivity contribution is -0.144. The van der Waals surface area contributed by atoms with E-state index in [1.807, 2.05) is 32.0 Å². The Morgan fingerprint density at radius 1 is 1.00 bits per heavy atom. The number of hydrogen-bond donors (Lipinski definition) is 0. The summed E-state index contributed by atoms with van der Waals surface area (Å²) < 4.78 is 23.0. The standard InChI is InChI=1S/C18H17FO4/c1-12-3-4-13(2)17(9-12)22-11-18(21)23-10-16(20)14-5-7-15(19)8-6-14/h3-9H,10-11H2,1-2H3. The molecule has 0 aromatic heterocycles. The van der Waals surface area contributed by atoms with Crippen LogP contribution in [0.25, 0.3) is 0 Å². The highest BCUT2D eigenvalue weighted by Gasteiger charge is 2.11. The number of ether oxygens (including phenoxy) is 2. The van der Waals surface area contributed by atoms with Crippen LogP contribution in [-0.4, -0.2) is 25.0 Å². The van der Waals surface area contributed by atoms with Crippen molar-refractivity contribution in [1.29, 1.82) is 0 Å². The number of Topliss-reactive ketones (excluding diaryl/α,β-unsaturated/α-hetero) is 1. The van der Waals surface area contributed by atoms with Crippen molar-refractivity contribution in [3.05, 3.63) is 65.0 Å². The zero-order chi connectivity index (χ0) is 16.8. The minimum absolute atomic E-state index is 0.277. The van der Waals surface area contributed by atoms with E-state index in [-0.39, 0.29) is 12.2 Å². The van der Waals surface area contributed by atoms with Gasteiger partial charge in [-0.2, -0.15) is 0 Å². The van der Waals surface area contributed by atoms with Crippen LogP contribution < -0.4 is 4.74 Å². The minimum atomic E-state index is -0.638. The average Bonchev–Trinajstić information content (AvgIpc) is 2.54. The van der Waals surface area contributed by atoms with Crippen LogP contribution >= 0.6 is 0 Å². The summed E-state index contributed by atoms with van der Waals surface area (Å²) in [6, 6.07) is 10.7. The molecule has 0 saturated heterocycles. The van der Waals surface area contributed by atoms with Crippen molar-refractivity contribution in [3.63, 3.8) is 0 Å². The molecule has 0 atom stereocenters. The van der Waals surface area contributed by atoms with E-state index in [1.165, 1.54) is 24.3 Å². The van der Waals surface area contributed by atoms with E-state index in [2.05, 4.69) is 0 Å². The Bertz CT molecular complexity index is 707. The first kappa shape index (κ1) is 16.7. The Hall–Kier alpha value is -2.69. The summed E-state index contributed by atoms with van der Waals surface area (Å²) in [5.74, 6) is -0.862. The fourth-order valence-corrected chi connectivity index (χ4v) is 1.91. The van der Waals surface area contributed by atoms with E-state index < -0.39 is 24.2 Å². The molecule has 0 radical (unpaired) electrons. The predicted octanol–water partition coefficient (Wildman–Crippen LogP) is 3.25. The summed E-state index contributed by atoms with van der Waals surface area (Å²) in [6.45, 7) is 3.12. The van der Waals surface area contributed by atoms with E-state index in [1.54, 1.807) is 0 Å². The molecular weight excluding hydrogens is 299 g/mol. The number of halogens is 1. The van der Waals surface area contributed by atoms with Gasteiger partial charge in [-0.25, -0.2) is 9.18 Å². The van der Waals surface area contributed by atoms with Gasteiger partial charge in [0.1, 0.15) is 11.6 Å². The molecule has 2 aromatic carbocycles. The van der Waals surface area contributed by atoms with E-state index in [9.17, 15) is 14.0 Å². The SMILES string of the molecule is Cc1ccc(C)c(OCC(=O)OCC(=O)c2ccc(F)cc2)c1. The van der Waals surface area contributed by atoms with Gasteiger partial charge in [-0.15, -0.1) is 0 Å². The van der Waals surface area contributed by atoms with Gasteiger partial charge in [0.25, 0.3) is 0 Å². The first-order valence-corrected chi connectivity index (χ1v) is 7.10. The van der Waals surface area contributed by atoms with E-state index in [0.29, 0.717) is 5.75 Å². The lowest BCUT2D eigenvalue weighted by atomic mass is 10.1. The molecule has 0 aliphatic heterocycles. The van der Waals surface area contributed by atoms with Gasteiger partial charge < -0.3 is 9.47 Å². The number of rotatable bonds is 6. The topological polar surface area (TPSA) is 52.6 Å². The molecule has 2 aromatic rings. The molecule has 0 unspecified atom stereocenters. The van der Waals surface area contributed by atoms with Gasteiger partial charge in [0, 0.05) is 5.56 Å². The molecule has 0 N–H and O–H groups in total. The molecule has 5 heteroatoms. The van der Waals surface area contributed by atoms with Crippen LogP contribution in [0.3, 0.4) is 0 Å². The van der Waals surface area contributed by atoms with Crippen molar-refractivity contribution in [1.82, 2.24) is 0 Å². The molecule has 0 aliphatic carbocycles. The van der Waals surface area contributed by atoms with Gasteiger partial charge in [0.15, 0.2) is 19.0 Å². The summed E-state index contributed by atoms with van der Waals surface area (Å²) in [6.07, 6.45) is 0. The van der Waals surface area contributed by atoms with Crippen molar-refractivity contribution in [3.8, 4) is 5.75 Å². The Kier molecular flexibility index (Phi) is 5.46. The molecular formula is C18H17FO4. The van der Waals surface area contributed by atoms with E-state index in [0.717, 1.165) is 11.1 Å². The first-order valence-electron chi connectivity index (χ1n) is 7.10. The predicted molar refractivity (Wildman–Crippen MR) is 83.1 cm³/mol. The summed E-state index contributed by atoms with van der Waals surface area (Å²) in [7, 11) is 0. The third kappa shape index (κ3) is 4.92. The number of ketones is 1. The highest BCUT2D eigenvalue weighted by Crippen LogP contribution is 2.18. The van der Waals surface area contributed by atoms with E-state index >= 15 is 0 Å². The number of hydrogen-bond acceptors (Lipinski definition) is 4.